The van der Waals surface area contributed by atoms with E-state index < -0.39 is 11.2 Å². The fourth-order valence-electron chi connectivity index (χ4n) is 2.74. The second-order valence-electron chi connectivity index (χ2n) is 5.82. The number of carbonyl (C=O) groups excluding carboxylic acids is 1. The summed E-state index contributed by atoms with van der Waals surface area (Å²) < 4.78 is 3.48. The van der Waals surface area contributed by atoms with Gasteiger partial charge in [-0.25, -0.2) is 4.79 Å². The molecule has 2 N–H and O–H groups in total. The van der Waals surface area contributed by atoms with Crippen LogP contribution in [0.3, 0.4) is 0 Å². The van der Waals surface area contributed by atoms with Crippen LogP contribution in [-0.2, 0) is 17.9 Å². The van der Waals surface area contributed by atoms with Gasteiger partial charge in [0.1, 0.15) is 0 Å². The van der Waals surface area contributed by atoms with E-state index in [0.717, 1.165) is 13.0 Å². The normalized spacial score (nSPS) is 10.9. The zero-order valence-electron chi connectivity index (χ0n) is 13.8. The van der Waals surface area contributed by atoms with Crippen LogP contribution in [0.5, 0.6) is 0 Å². The predicted octanol–water partition coefficient (Wildman–Crippen LogP) is 1.09. The van der Waals surface area contributed by atoms with Gasteiger partial charge in [0.15, 0.2) is 0 Å². The lowest BCUT2D eigenvalue weighted by molar-refractivity contribution is -0.121. The van der Waals surface area contributed by atoms with Crippen molar-refractivity contribution < 1.29 is 4.79 Å². The largest absolute Gasteiger partial charge is 0.356 e. The lowest BCUT2D eigenvalue weighted by atomic mass is 10.2. The Labute approximate surface area is 143 Å². The van der Waals surface area contributed by atoms with Gasteiger partial charge in [-0.2, -0.15) is 0 Å². The Balaban J connectivity index is 1.42. The van der Waals surface area contributed by atoms with Crippen molar-refractivity contribution in [1.82, 2.24) is 19.4 Å². The summed E-state index contributed by atoms with van der Waals surface area (Å²) in [5.74, 6) is -0.115. The van der Waals surface area contributed by atoms with Crippen LogP contribution < -0.4 is 16.6 Å². The minimum atomic E-state index is -0.500. The summed E-state index contributed by atoms with van der Waals surface area (Å²) in [5, 5.41) is 4.06. The van der Waals surface area contributed by atoms with Crippen molar-refractivity contribution in [3.05, 3.63) is 69.6 Å². The molecule has 0 saturated carbocycles. The maximum Gasteiger partial charge on any atom is 0.328 e. The third-order valence-corrected chi connectivity index (χ3v) is 4.05. The van der Waals surface area contributed by atoms with Gasteiger partial charge in [-0.3, -0.25) is 14.6 Å². The van der Waals surface area contributed by atoms with Crippen LogP contribution in [0.25, 0.3) is 10.9 Å². The number of benzene rings is 1. The van der Waals surface area contributed by atoms with E-state index in [-0.39, 0.29) is 18.9 Å². The summed E-state index contributed by atoms with van der Waals surface area (Å²) >= 11 is 0. The van der Waals surface area contributed by atoms with E-state index in [9.17, 15) is 14.4 Å². The van der Waals surface area contributed by atoms with Crippen molar-refractivity contribution in [3.8, 4) is 0 Å². The van der Waals surface area contributed by atoms with E-state index in [0.29, 0.717) is 6.54 Å². The van der Waals surface area contributed by atoms with E-state index in [1.54, 1.807) is 0 Å². The maximum absolute atomic E-state index is 11.9. The number of nitrogens with one attached hydrogen (secondary N) is 2. The molecule has 0 aliphatic carbocycles. The second kappa shape index (κ2) is 7.65. The molecule has 7 nitrogen and oxygen atoms in total. The highest BCUT2D eigenvalue weighted by Crippen LogP contribution is 2.15. The van der Waals surface area contributed by atoms with Crippen molar-refractivity contribution in [2.45, 2.75) is 25.9 Å². The first-order chi connectivity index (χ1) is 12.1. The fraction of sp³-hybridized carbons (Fsp3) is 0.278. The Bertz CT molecular complexity index is 983. The quantitative estimate of drug-likeness (QED) is 0.631. The highest BCUT2D eigenvalue weighted by molar-refractivity contribution is 5.79. The number of aromatic amines is 1. The van der Waals surface area contributed by atoms with Crippen molar-refractivity contribution in [1.29, 1.82) is 0 Å². The highest BCUT2D eigenvalue weighted by atomic mass is 16.2. The maximum atomic E-state index is 11.9. The Morgan fingerprint density at radius 1 is 1.00 bits per heavy atom. The van der Waals surface area contributed by atoms with Gasteiger partial charge in [0.25, 0.3) is 5.56 Å². The lowest BCUT2D eigenvalue weighted by Crippen LogP contribution is -2.31. The summed E-state index contributed by atoms with van der Waals surface area (Å²) in [7, 11) is 0. The predicted molar refractivity (Wildman–Crippen MR) is 95.5 cm³/mol. The Morgan fingerprint density at radius 3 is 2.64 bits per heavy atom. The van der Waals surface area contributed by atoms with Crippen LogP contribution in [0.1, 0.15) is 12.8 Å². The van der Waals surface area contributed by atoms with Crippen LogP contribution in [0.15, 0.2) is 58.4 Å². The van der Waals surface area contributed by atoms with E-state index in [1.807, 2.05) is 12.1 Å². The van der Waals surface area contributed by atoms with Gasteiger partial charge >= 0.3 is 5.69 Å². The van der Waals surface area contributed by atoms with Gasteiger partial charge in [-0.1, -0.05) is 18.2 Å². The molecular weight excluding hydrogens is 320 g/mol. The van der Waals surface area contributed by atoms with E-state index >= 15 is 0 Å². The molecule has 7 heteroatoms. The monoisotopic (exact) mass is 340 g/mol. The molecule has 25 heavy (non-hydrogen) atoms. The molecule has 3 aromatic rings. The van der Waals surface area contributed by atoms with Crippen molar-refractivity contribution in [2.24, 2.45) is 0 Å². The molecular formula is C18H20N4O3. The lowest BCUT2D eigenvalue weighted by Gasteiger charge is -2.08. The van der Waals surface area contributed by atoms with Gasteiger partial charge in [-0.15, -0.1) is 0 Å². The topological polar surface area (TPSA) is 88.9 Å². The molecule has 2 aromatic heterocycles. The molecule has 0 aliphatic rings. The van der Waals surface area contributed by atoms with Crippen LogP contribution in [0.2, 0.25) is 0 Å². The number of hydrogen-bond acceptors (Lipinski definition) is 3. The Hall–Kier alpha value is -3.09. The fourth-order valence-corrected chi connectivity index (χ4v) is 2.74. The molecule has 0 aliphatic heterocycles. The molecule has 0 saturated heterocycles. The second-order valence-corrected chi connectivity index (χ2v) is 5.82. The summed E-state index contributed by atoms with van der Waals surface area (Å²) in [5.41, 5.74) is 0.245. The standard InChI is InChI=1S/C18H20N4O3/c23-16(7-12-22-13-8-17(24)20-18(22)25)19-9-3-10-21-11-6-14-4-1-2-5-15(14)21/h1-2,4-6,8,11,13H,3,7,9-10,12H2,(H,19,23)(H,20,24,25). The van der Waals surface area contributed by atoms with Crippen molar-refractivity contribution in [2.75, 3.05) is 6.54 Å². The minimum Gasteiger partial charge on any atom is -0.356 e. The van der Waals surface area contributed by atoms with Gasteiger partial charge in [0, 0.05) is 50.0 Å². The van der Waals surface area contributed by atoms with Crippen molar-refractivity contribution in [3.63, 3.8) is 0 Å². The van der Waals surface area contributed by atoms with Crippen LogP contribution in [0.4, 0.5) is 0 Å². The zero-order valence-corrected chi connectivity index (χ0v) is 13.8. The number of nitrogens with zero attached hydrogens (tertiary/aromatic N) is 2. The molecule has 3 rings (SSSR count). The van der Waals surface area contributed by atoms with Crippen LogP contribution in [-0.4, -0.2) is 26.6 Å². The smallest absolute Gasteiger partial charge is 0.328 e. The molecule has 0 bridgehead atoms. The number of fused-ring (bicyclic) bond motifs is 1. The summed E-state index contributed by atoms with van der Waals surface area (Å²) in [4.78, 5) is 36.5. The van der Waals surface area contributed by atoms with Crippen LogP contribution in [0, 0.1) is 0 Å². The number of H-pyrrole nitrogens is 1. The number of aryl methyl sites for hydroxylation is 2. The Kier molecular flexibility index (Phi) is 5.13. The first-order valence-corrected chi connectivity index (χ1v) is 8.24. The highest BCUT2D eigenvalue weighted by Gasteiger charge is 2.04. The van der Waals surface area contributed by atoms with E-state index in [1.165, 1.54) is 27.7 Å². The molecule has 0 fully saturated rings. The molecule has 130 valence electrons. The number of para-hydroxylation sites is 1. The number of aromatic nitrogens is 3. The number of carbonyl (C=O) groups is 1. The number of amides is 1. The van der Waals surface area contributed by atoms with E-state index in [2.05, 4.69) is 39.3 Å². The number of hydrogen-bond donors (Lipinski definition) is 2. The molecule has 0 spiro atoms. The third-order valence-electron chi connectivity index (χ3n) is 4.05. The molecule has 0 radical (unpaired) electrons. The molecule has 1 aromatic carbocycles. The summed E-state index contributed by atoms with van der Waals surface area (Å²) in [6.07, 6.45) is 4.46. The molecule has 0 atom stereocenters. The van der Waals surface area contributed by atoms with Crippen molar-refractivity contribution >= 4 is 16.8 Å². The summed E-state index contributed by atoms with van der Waals surface area (Å²) in [6, 6.07) is 11.5. The van der Waals surface area contributed by atoms with Gasteiger partial charge in [0.05, 0.1) is 0 Å². The SMILES string of the molecule is O=C(CCn1ccc(=O)[nH]c1=O)NCCCn1ccc2ccccc21. The molecule has 0 unspecified atom stereocenters. The van der Waals surface area contributed by atoms with Gasteiger partial charge < -0.3 is 14.5 Å². The third kappa shape index (κ3) is 4.26. The molecule has 2 heterocycles. The minimum absolute atomic E-state index is 0.115. The van der Waals surface area contributed by atoms with Gasteiger partial charge in [0.2, 0.25) is 5.91 Å². The average Bonchev–Trinajstić information content (AvgIpc) is 3.01. The van der Waals surface area contributed by atoms with Crippen LogP contribution >= 0.6 is 0 Å². The van der Waals surface area contributed by atoms with Gasteiger partial charge in [-0.05, 0) is 23.9 Å². The molecule has 1 amide bonds. The summed E-state index contributed by atoms with van der Waals surface area (Å²) in [6.45, 7) is 1.64. The average molecular weight is 340 g/mol. The Morgan fingerprint density at radius 2 is 1.80 bits per heavy atom. The zero-order chi connectivity index (χ0) is 17.6. The first-order valence-electron chi connectivity index (χ1n) is 8.24. The number of rotatable bonds is 7. The van der Waals surface area contributed by atoms with E-state index in [4.69, 9.17) is 0 Å². The first kappa shape index (κ1) is 16.8.